The third kappa shape index (κ3) is 2.83. The molecule has 6 heteroatoms. The van der Waals surface area contributed by atoms with E-state index in [1.165, 1.54) is 0 Å². The molecule has 0 N–H and O–H groups in total. The van der Waals surface area contributed by atoms with E-state index in [2.05, 4.69) is 22.0 Å². The summed E-state index contributed by atoms with van der Waals surface area (Å²) in [5, 5.41) is 4.03. The summed E-state index contributed by atoms with van der Waals surface area (Å²) in [7, 11) is 2.05. The van der Waals surface area contributed by atoms with Crippen LogP contribution in [0.2, 0.25) is 0 Å². The maximum atomic E-state index is 13.2. The van der Waals surface area contributed by atoms with Crippen LogP contribution in [0, 0.1) is 0 Å². The van der Waals surface area contributed by atoms with Crippen LogP contribution in [0.15, 0.2) is 59.3 Å². The van der Waals surface area contributed by atoms with Crippen molar-refractivity contribution in [3.63, 3.8) is 0 Å². The molecule has 1 aliphatic rings. The van der Waals surface area contributed by atoms with E-state index in [0.29, 0.717) is 11.4 Å². The van der Waals surface area contributed by atoms with Crippen molar-refractivity contribution in [2.75, 3.05) is 23.4 Å². The summed E-state index contributed by atoms with van der Waals surface area (Å²) in [5.41, 5.74) is 3.16. The number of hydrogen-bond donors (Lipinski definition) is 0. The maximum absolute atomic E-state index is 13.2. The first-order chi connectivity index (χ1) is 12.6. The summed E-state index contributed by atoms with van der Waals surface area (Å²) >= 11 is 0. The Morgan fingerprint density at radius 2 is 1.88 bits per heavy atom. The molecule has 26 heavy (non-hydrogen) atoms. The van der Waals surface area contributed by atoms with Gasteiger partial charge in [-0.1, -0.05) is 23.4 Å². The molecule has 3 heterocycles. The zero-order chi connectivity index (χ0) is 18.1. The van der Waals surface area contributed by atoms with Gasteiger partial charge in [-0.2, -0.15) is 0 Å². The van der Waals surface area contributed by atoms with Gasteiger partial charge in [-0.3, -0.25) is 9.78 Å². The largest absolute Gasteiger partial charge is 0.373 e. The van der Waals surface area contributed by atoms with Gasteiger partial charge in [-0.05, 0) is 37.6 Å². The fourth-order valence-corrected chi connectivity index (χ4v) is 3.30. The standard InChI is InChI=1S/C20H20N4O2/c1-14-10-12-23(2)17-8-3-4-9-18(17)24(14)20(25)19-13-16(22-26-19)15-7-5-6-11-21-15/h3-9,11,13-14H,10,12H2,1-2H3. The molecule has 0 saturated carbocycles. The van der Waals surface area contributed by atoms with E-state index in [1.807, 2.05) is 54.4 Å². The first-order valence-electron chi connectivity index (χ1n) is 8.67. The minimum absolute atomic E-state index is 0.0528. The van der Waals surface area contributed by atoms with Crippen LogP contribution in [0.3, 0.4) is 0 Å². The van der Waals surface area contributed by atoms with Gasteiger partial charge in [0.15, 0.2) is 0 Å². The highest BCUT2D eigenvalue weighted by atomic mass is 16.5. The second kappa shape index (κ2) is 6.63. The zero-order valence-corrected chi connectivity index (χ0v) is 14.8. The smallest absolute Gasteiger partial charge is 0.297 e. The Morgan fingerprint density at radius 3 is 2.65 bits per heavy atom. The minimum atomic E-state index is -0.185. The van der Waals surface area contributed by atoms with E-state index in [9.17, 15) is 4.79 Å². The lowest BCUT2D eigenvalue weighted by Crippen LogP contribution is -2.38. The van der Waals surface area contributed by atoms with Crippen LogP contribution in [-0.4, -0.2) is 35.7 Å². The number of para-hydroxylation sites is 2. The van der Waals surface area contributed by atoms with Gasteiger partial charge >= 0.3 is 0 Å². The van der Waals surface area contributed by atoms with E-state index >= 15 is 0 Å². The molecule has 3 aromatic rings. The third-order valence-corrected chi connectivity index (χ3v) is 4.74. The molecule has 2 aromatic heterocycles. The van der Waals surface area contributed by atoms with Crippen molar-refractivity contribution >= 4 is 17.3 Å². The monoisotopic (exact) mass is 348 g/mol. The summed E-state index contributed by atoms with van der Waals surface area (Å²) in [6.07, 6.45) is 2.56. The fourth-order valence-electron chi connectivity index (χ4n) is 3.30. The highest BCUT2D eigenvalue weighted by Gasteiger charge is 2.31. The first kappa shape index (κ1) is 16.3. The Bertz CT molecular complexity index is 922. The summed E-state index contributed by atoms with van der Waals surface area (Å²) in [4.78, 5) is 21.5. The van der Waals surface area contributed by atoms with Gasteiger partial charge in [-0.15, -0.1) is 0 Å². The maximum Gasteiger partial charge on any atom is 0.297 e. The number of pyridine rings is 1. The highest BCUT2D eigenvalue weighted by Crippen LogP contribution is 2.35. The number of fused-ring (bicyclic) bond motifs is 1. The normalized spacial score (nSPS) is 16.9. The molecule has 1 aliphatic heterocycles. The number of amides is 1. The van der Waals surface area contributed by atoms with Crippen LogP contribution in [0.5, 0.6) is 0 Å². The molecule has 0 spiro atoms. The molecular formula is C20H20N4O2. The SMILES string of the molecule is CC1CCN(C)c2ccccc2N1C(=O)c1cc(-c2ccccn2)no1. The number of rotatable bonds is 2. The lowest BCUT2D eigenvalue weighted by atomic mass is 10.1. The number of carbonyl (C=O) groups is 1. The molecule has 0 fully saturated rings. The summed E-state index contributed by atoms with van der Waals surface area (Å²) in [5.74, 6) is 0.0341. The minimum Gasteiger partial charge on any atom is -0.373 e. The van der Waals surface area contributed by atoms with Crippen molar-refractivity contribution < 1.29 is 9.32 Å². The zero-order valence-electron chi connectivity index (χ0n) is 14.8. The van der Waals surface area contributed by atoms with Crippen LogP contribution in [-0.2, 0) is 0 Å². The van der Waals surface area contributed by atoms with E-state index in [1.54, 1.807) is 12.3 Å². The molecule has 0 saturated heterocycles. The van der Waals surface area contributed by atoms with Gasteiger partial charge < -0.3 is 14.3 Å². The van der Waals surface area contributed by atoms with E-state index in [-0.39, 0.29) is 17.7 Å². The van der Waals surface area contributed by atoms with Crippen LogP contribution in [0.4, 0.5) is 11.4 Å². The van der Waals surface area contributed by atoms with Gasteiger partial charge in [0.25, 0.3) is 5.91 Å². The highest BCUT2D eigenvalue weighted by molar-refractivity contribution is 6.07. The molecule has 0 radical (unpaired) electrons. The number of anilines is 2. The molecule has 6 nitrogen and oxygen atoms in total. The Hall–Kier alpha value is -3.15. The Labute approximate surface area is 152 Å². The predicted octanol–water partition coefficient (Wildman–Crippen LogP) is 3.61. The van der Waals surface area contributed by atoms with Crippen molar-refractivity contribution in [2.24, 2.45) is 0 Å². The molecule has 132 valence electrons. The summed E-state index contributed by atoms with van der Waals surface area (Å²) in [6, 6.07) is 15.2. The van der Waals surface area contributed by atoms with E-state index in [0.717, 1.165) is 24.3 Å². The number of carbonyl (C=O) groups excluding carboxylic acids is 1. The lowest BCUT2D eigenvalue weighted by Gasteiger charge is -2.27. The second-order valence-corrected chi connectivity index (χ2v) is 6.51. The average molecular weight is 348 g/mol. The lowest BCUT2D eigenvalue weighted by molar-refractivity contribution is 0.0942. The van der Waals surface area contributed by atoms with Gasteiger partial charge in [0.1, 0.15) is 5.69 Å². The molecule has 0 bridgehead atoms. The topological polar surface area (TPSA) is 62.5 Å². The van der Waals surface area contributed by atoms with Crippen LogP contribution < -0.4 is 9.80 Å². The molecular weight excluding hydrogens is 328 g/mol. The van der Waals surface area contributed by atoms with Crippen molar-refractivity contribution in [3.05, 3.63) is 60.5 Å². The van der Waals surface area contributed by atoms with Crippen molar-refractivity contribution in [2.45, 2.75) is 19.4 Å². The Balaban J connectivity index is 1.71. The Morgan fingerprint density at radius 1 is 1.12 bits per heavy atom. The summed E-state index contributed by atoms with van der Waals surface area (Å²) in [6.45, 7) is 2.95. The summed E-state index contributed by atoms with van der Waals surface area (Å²) < 4.78 is 5.37. The third-order valence-electron chi connectivity index (χ3n) is 4.74. The first-order valence-corrected chi connectivity index (χ1v) is 8.67. The van der Waals surface area contributed by atoms with Crippen molar-refractivity contribution in [3.8, 4) is 11.4 Å². The van der Waals surface area contributed by atoms with E-state index < -0.39 is 0 Å². The van der Waals surface area contributed by atoms with Gasteiger partial charge in [-0.25, -0.2) is 0 Å². The van der Waals surface area contributed by atoms with E-state index in [4.69, 9.17) is 4.52 Å². The van der Waals surface area contributed by atoms with Crippen LogP contribution in [0.1, 0.15) is 23.9 Å². The van der Waals surface area contributed by atoms with Gasteiger partial charge in [0.05, 0.1) is 17.1 Å². The Kier molecular flexibility index (Phi) is 4.16. The quantitative estimate of drug-likeness (QED) is 0.708. The molecule has 1 atom stereocenters. The predicted molar refractivity (Wildman–Crippen MR) is 100 cm³/mol. The van der Waals surface area contributed by atoms with Gasteiger partial charge in [0, 0.05) is 31.9 Å². The van der Waals surface area contributed by atoms with Crippen molar-refractivity contribution in [1.29, 1.82) is 0 Å². The van der Waals surface area contributed by atoms with Gasteiger partial charge in [0.2, 0.25) is 5.76 Å². The van der Waals surface area contributed by atoms with Crippen LogP contribution in [0.25, 0.3) is 11.4 Å². The molecule has 4 rings (SSSR count). The van der Waals surface area contributed by atoms with Crippen molar-refractivity contribution in [1.82, 2.24) is 10.1 Å². The fraction of sp³-hybridized carbons (Fsp3) is 0.250. The number of aromatic nitrogens is 2. The molecule has 1 unspecified atom stereocenters. The molecule has 1 amide bonds. The second-order valence-electron chi connectivity index (χ2n) is 6.51. The number of nitrogens with zero attached hydrogens (tertiary/aromatic N) is 4. The molecule has 1 aromatic carbocycles. The van der Waals surface area contributed by atoms with Crippen LogP contribution >= 0.6 is 0 Å². The number of hydrogen-bond acceptors (Lipinski definition) is 5. The molecule has 0 aliphatic carbocycles. The number of benzene rings is 1. The average Bonchev–Trinajstić information content (AvgIpc) is 3.13.